The van der Waals surface area contributed by atoms with Gasteiger partial charge in [0.05, 0.1) is 18.3 Å². The zero-order valence-corrected chi connectivity index (χ0v) is 11.0. The second-order valence-corrected chi connectivity index (χ2v) is 3.61. The van der Waals surface area contributed by atoms with Gasteiger partial charge in [-0.25, -0.2) is 0 Å². The molecule has 0 unspecified atom stereocenters. The Kier molecular flexibility index (Phi) is 4.32. The van der Waals surface area contributed by atoms with E-state index in [9.17, 15) is 4.79 Å². The Morgan fingerprint density at radius 1 is 1.35 bits per heavy atom. The van der Waals surface area contributed by atoms with E-state index in [1.54, 1.807) is 14.0 Å². The number of aryl methyl sites for hydroxylation is 1. The lowest BCUT2D eigenvalue weighted by Crippen LogP contribution is -1.90. The predicted molar refractivity (Wildman–Crippen MR) is 73.1 cm³/mol. The minimum absolute atomic E-state index is 0. The van der Waals surface area contributed by atoms with E-state index in [2.05, 4.69) is 4.98 Å². The molecule has 1 aromatic carbocycles. The number of ketones is 1. The molecule has 0 aliphatic carbocycles. The second-order valence-electron chi connectivity index (χ2n) is 3.61. The number of carbonyl (C=O) groups is 1. The molecule has 2 rings (SSSR count). The first kappa shape index (κ1) is 13.3. The minimum atomic E-state index is 0. The van der Waals surface area contributed by atoms with Crippen molar-refractivity contribution in [2.24, 2.45) is 0 Å². The molecular formula is C14H21NO2. The topological polar surface area (TPSA) is 42.1 Å². The summed E-state index contributed by atoms with van der Waals surface area (Å²) in [5.74, 6) is 0.826. The highest BCUT2D eigenvalue weighted by molar-refractivity contribution is 6.00. The maximum atomic E-state index is 11.3. The van der Waals surface area contributed by atoms with Crippen LogP contribution in [0.3, 0.4) is 0 Å². The number of rotatable bonds is 2. The Labute approximate surface area is 103 Å². The molecule has 3 heteroatoms. The van der Waals surface area contributed by atoms with Gasteiger partial charge in [-0.05, 0) is 24.6 Å². The predicted octanol–water partition coefficient (Wildman–Crippen LogP) is 3.96. The zero-order valence-electron chi connectivity index (χ0n) is 11.0. The maximum Gasteiger partial charge on any atom is 0.175 e. The first-order valence-corrected chi connectivity index (χ1v) is 5.80. The third-order valence-electron chi connectivity index (χ3n) is 2.56. The molecule has 0 spiro atoms. The van der Waals surface area contributed by atoms with Crippen LogP contribution in [0.15, 0.2) is 18.2 Å². The maximum absolute atomic E-state index is 11.3. The van der Waals surface area contributed by atoms with Crippen molar-refractivity contribution in [1.29, 1.82) is 0 Å². The lowest BCUT2D eigenvalue weighted by atomic mass is 10.1. The molecule has 0 fully saturated rings. The van der Waals surface area contributed by atoms with Gasteiger partial charge in [-0.1, -0.05) is 19.9 Å². The third kappa shape index (κ3) is 2.49. The Morgan fingerprint density at radius 2 is 2.00 bits per heavy atom. The van der Waals surface area contributed by atoms with Gasteiger partial charge in [0.1, 0.15) is 5.75 Å². The van der Waals surface area contributed by atoms with Crippen molar-refractivity contribution < 1.29 is 11.0 Å². The lowest BCUT2D eigenvalue weighted by molar-refractivity contribution is 0.101. The van der Waals surface area contributed by atoms with Crippen LogP contribution in [-0.2, 0) is 0 Å². The van der Waals surface area contributed by atoms with Gasteiger partial charge in [0.2, 0.25) is 0 Å². The van der Waals surface area contributed by atoms with Crippen molar-refractivity contribution >= 4 is 16.7 Å². The number of nitrogens with one attached hydrogen (secondary N) is 1. The Balaban J connectivity index is 0.000000917. The highest BCUT2D eigenvalue weighted by atomic mass is 16.5. The first-order chi connectivity index (χ1) is 8.13. The number of Topliss-reactive ketones (excluding diaryl/α,β-unsaturated/α-hetero) is 1. The SMILES string of the molecule is CC.COc1ccc(C)c2[nH]c(C(C)=O)cc12.[HH]. The van der Waals surface area contributed by atoms with E-state index >= 15 is 0 Å². The van der Waals surface area contributed by atoms with Crippen molar-refractivity contribution in [1.82, 2.24) is 4.98 Å². The van der Waals surface area contributed by atoms with Crippen molar-refractivity contribution in [2.75, 3.05) is 7.11 Å². The number of benzene rings is 1. The second kappa shape index (κ2) is 5.53. The summed E-state index contributed by atoms with van der Waals surface area (Å²) in [4.78, 5) is 14.4. The number of aromatic amines is 1. The molecule has 0 saturated heterocycles. The lowest BCUT2D eigenvalue weighted by Gasteiger charge is -2.02. The monoisotopic (exact) mass is 235 g/mol. The highest BCUT2D eigenvalue weighted by Crippen LogP contribution is 2.28. The van der Waals surface area contributed by atoms with E-state index < -0.39 is 0 Å². The first-order valence-electron chi connectivity index (χ1n) is 5.80. The molecular weight excluding hydrogens is 214 g/mol. The number of carbonyl (C=O) groups excluding carboxylic acids is 1. The van der Waals surface area contributed by atoms with Gasteiger partial charge in [0.15, 0.2) is 5.78 Å². The van der Waals surface area contributed by atoms with Crippen molar-refractivity contribution in [3.8, 4) is 5.75 Å². The van der Waals surface area contributed by atoms with Crippen LogP contribution in [0.25, 0.3) is 10.9 Å². The van der Waals surface area contributed by atoms with E-state index in [0.717, 1.165) is 22.2 Å². The summed E-state index contributed by atoms with van der Waals surface area (Å²) in [6.07, 6.45) is 0. The van der Waals surface area contributed by atoms with Crippen molar-refractivity contribution in [3.05, 3.63) is 29.5 Å². The summed E-state index contributed by atoms with van der Waals surface area (Å²) in [5, 5.41) is 0.961. The van der Waals surface area contributed by atoms with E-state index in [1.807, 2.05) is 39.0 Å². The van der Waals surface area contributed by atoms with Crippen LogP contribution >= 0.6 is 0 Å². The largest absolute Gasteiger partial charge is 0.496 e. The molecule has 0 radical (unpaired) electrons. The molecule has 94 valence electrons. The molecule has 0 atom stereocenters. The van der Waals surface area contributed by atoms with Gasteiger partial charge < -0.3 is 9.72 Å². The standard InChI is InChI=1S/C12H13NO2.C2H6.H2/c1-7-4-5-11(15-3)9-6-10(8(2)14)13-12(7)9;1-2;/h4-6,13H,1-3H3;1-2H3;1H. The molecule has 0 aliphatic rings. The third-order valence-corrected chi connectivity index (χ3v) is 2.56. The molecule has 0 amide bonds. The quantitative estimate of drug-likeness (QED) is 0.800. The number of ether oxygens (including phenoxy) is 1. The molecule has 2 aromatic rings. The molecule has 0 bridgehead atoms. The van der Waals surface area contributed by atoms with Crippen LogP contribution < -0.4 is 4.74 Å². The number of fused-ring (bicyclic) bond motifs is 1. The van der Waals surface area contributed by atoms with E-state index in [0.29, 0.717) is 5.69 Å². The van der Waals surface area contributed by atoms with Crippen LogP contribution in [0.2, 0.25) is 0 Å². The van der Waals surface area contributed by atoms with Crippen molar-refractivity contribution in [3.63, 3.8) is 0 Å². The molecule has 1 heterocycles. The van der Waals surface area contributed by atoms with Gasteiger partial charge in [-0.2, -0.15) is 0 Å². The van der Waals surface area contributed by atoms with Crippen LogP contribution in [0.1, 0.15) is 38.2 Å². The molecule has 3 nitrogen and oxygen atoms in total. The smallest absolute Gasteiger partial charge is 0.175 e. The van der Waals surface area contributed by atoms with Crippen LogP contribution in [0, 0.1) is 6.92 Å². The Hall–Kier alpha value is -1.77. The number of hydrogen-bond donors (Lipinski definition) is 1. The average Bonchev–Trinajstić information content (AvgIpc) is 2.78. The molecule has 0 saturated carbocycles. The number of H-pyrrole nitrogens is 1. The van der Waals surface area contributed by atoms with Crippen LogP contribution in [-0.4, -0.2) is 17.9 Å². The zero-order chi connectivity index (χ0) is 13.0. The highest BCUT2D eigenvalue weighted by Gasteiger charge is 2.10. The number of methoxy groups -OCH3 is 1. The number of aromatic nitrogens is 1. The Morgan fingerprint density at radius 3 is 2.53 bits per heavy atom. The summed E-state index contributed by atoms with van der Waals surface area (Å²) in [5.41, 5.74) is 2.70. The van der Waals surface area contributed by atoms with E-state index in [-0.39, 0.29) is 7.21 Å². The van der Waals surface area contributed by atoms with E-state index in [1.165, 1.54) is 0 Å². The van der Waals surface area contributed by atoms with Crippen molar-refractivity contribution in [2.45, 2.75) is 27.7 Å². The van der Waals surface area contributed by atoms with Gasteiger partial charge in [0.25, 0.3) is 0 Å². The molecule has 1 aromatic heterocycles. The summed E-state index contributed by atoms with van der Waals surface area (Å²) >= 11 is 0. The Bertz CT molecular complexity index is 532. The van der Waals surface area contributed by atoms with E-state index in [4.69, 9.17) is 4.74 Å². The molecule has 1 N–H and O–H groups in total. The van der Waals surface area contributed by atoms with Gasteiger partial charge in [-0.3, -0.25) is 4.79 Å². The summed E-state index contributed by atoms with van der Waals surface area (Å²) in [7, 11) is 1.63. The molecule has 0 aliphatic heterocycles. The minimum Gasteiger partial charge on any atom is -0.496 e. The summed E-state index contributed by atoms with van der Waals surface area (Å²) in [6.45, 7) is 7.55. The fourth-order valence-electron chi connectivity index (χ4n) is 1.70. The average molecular weight is 235 g/mol. The fraction of sp³-hybridized carbons (Fsp3) is 0.357. The van der Waals surface area contributed by atoms with Gasteiger partial charge >= 0.3 is 0 Å². The normalized spacial score (nSPS) is 9.71. The van der Waals surface area contributed by atoms with Gasteiger partial charge in [0, 0.05) is 13.7 Å². The fourth-order valence-corrected chi connectivity index (χ4v) is 1.70. The van der Waals surface area contributed by atoms with Crippen LogP contribution in [0.5, 0.6) is 5.75 Å². The summed E-state index contributed by atoms with van der Waals surface area (Å²) in [6, 6.07) is 5.72. The number of hydrogen-bond acceptors (Lipinski definition) is 2. The van der Waals surface area contributed by atoms with Crippen LogP contribution in [0.4, 0.5) is 0 Å². The summed E-state index contributed by atoms with van der Waals surface area (Å²) < 4.78 is 5.24. The molecule has 17 heavy (non-hydrogen) atoms. The van der Waals surface area contributed by atoms with Gasteiger partial charge in [-0.15, -0.1) is 0 Å².